The second kappa shape index (κ2) is 9.29. The van der Waals surface area contributed by atoms with E-state index in [9.17, 15) is 0 Å². The van der Waals surface area contributed by atoms with E-state index in [1.165, 1.54) is 81.7 Å². The van der Waals surface area contributed by atoms with Crippen LogP contribution in [0.15, 0.2) is 158 Å². The molecule has 1 aliphatic heterocycles. The van der Waals surface area contributed by atoms with Crippen LogP contribution in [0.3, 0.4) is 0 Å². The molecule has 0 saturated heterocycles. The van der Waals surface area contributed by atoms with Gasteiger partial charge in [-0.1, -0.05) is 140 Å². The van der Waals surface area contributed by atoms with Gasteiger partial charge in [-0.25, -0.2) is 0 Å². The van der Waals surface area contributed by atoms with Crippen molar-refractivity contribution in [2.45, 2.75) is 0 Å². The Balaban J connectivity index is 1.24. The van der Waals surface area contributed by atoms with Gasteiger partial charge < -0.3 is 4.74 Å². The second-order valence-electron chi connectivity index (χ2n) is 12.0. The molecule has 0 N–H and O–H groups in total. The fraction of sp³-hybridized carbons (Fsp3) is 0. The summed E-state index contributed by atoms with van der Waals surface area (Å²) in [6, 6.07) is 57.3. The van der Waals surface area contributed by atoms with Crippen LogP contribution in [0.1, 0.15) is 0 Å². The number of benzene rings is 9. The number of rotatable bonds is 2. The molecule has 208 valence electrons. The van der Waals surface area contributed by atoms with Gasteiger partial charge in [-0.15, -0.1) is 0 Å². The van der Waals surface area contributed by atoms with E-state index in [2.05, 4.69) is 152 Å². The molecule has 0 aliphatic carbocycles. The van der Waals surface area contributed by atoms with Crippen molar-refractivity contribution in [2.24, 2.45) is 0 Å². The van der Waals surface area contributed by atoms with Gasteiger partial charge in [0.05, 0.1) is 0 Å². The van der Waals surface area contributed by atoms with Crippen LogP contribution in [-0.2, 0) is 0 Å². The molecule has 9 aromatic rings. The van der Waals surface area contributed by atoms with E-state index in [-0.39, 0.29) is 0 Å². The Kier molecular flexibility index (Phi) is 5.06. The fourth-order valence-electron chi connectivity index (χ4n) is 7.69. The maximum absolute atomic E-state index is 6.41. The molecule has 1 heteroatoms. The first-order chi connectivity index (χ1) is 22.3. The third-order valence-corrected chi connectivity index (χ3v) is 9.65. The molecular weight excluding hydrogens is 544 g/mol. The van der Waals surface area contributed by atoms with Gasteiger partial charge in [0.25, 0.3) is 0 Å². The highest BCUT2D eigenvalue weighted by molar-refractivity contribution is 6.24. The predicted molar refractivity (Wildman–Crippen MR) is 190 cm³/mol. The summed E-state index contributed by atoms with van der Waals surface area (Å²) in [6.45, 7) is 0. The molecule has 0 bridgehead atoms. The minimum Gasteiger partial charge on any atom is -0.456 e. The maximum atomic E-state index is 6.41. The van der Waals surface area contributed by atoms with Crippen molar-refractivity contribution in [1.29, 1.82) is 0 Å². The average molecular weight is 571 g/mol. The lowest BCUT2D eigenvalue weighted by molar-refractivity contribution is 0.487. The van der Waals surface area contributed by atoms with Crippen LogP contribution >= 0.6 is 0 Å². The van der Waals surface area contributed by atoms with Crippen molar-refractivity contribution < 1.29 is 4.74 Å². The predicted octanol–water partition coefficient (Wildman–Crippen LogP) is 12.6. The molecule has 45 heavy (non-hydrogen) atoms. The van der Waals surface area contributed by atoms with Crippen LogP contribution in [0.5, 0.6) is 11.5 Å². The van der Waals surface area contributed by atoms with Crippen molar-refractivity contribution in [1.82, 2.24) is 0 Å². The third-order valence-electron chi connectivity index (χ3n) is 9.65. The molecule has 0 spiro atoms. The zero-order valence-corrected chi connectivity index (χ0v) is 24.4. The summed E-state index contributed by atoms with van der Waals surface area (Å²) in [4.78, 5) is 0. The first-order valence-electron chi connectivity index (χ1n) is 15.5. The van der Waals surface area contributed by atoms with E-state index in [0.717, 1.165) is 17.1 Å². The SMILES string of the molecule is c1ccc2c(c1)Oc1ccc(-c3ccc(-c4cc5ccc6ccccc6c5c5ccccc45)c4ccccc34)c3cccc-2c13. The summed E-state index contributed by atoms with van der Waals surface area (Å²) >= 11 is 0. The molecular formula is C44H26O. The van der Waals surface area contributed by atoms with E-state index < -0.39 is 0 Å². The molecule has 0 atom stereocenters. The summed E-state index contributed by atoms with van der Waals surface area (Å²) in [5, 5.41) is 12.6. The van der Waals surface area contributed by atoms with Gasteiger partial charge in [-0.3, -0.25) is 0 Å². The van der Waals surface area contributed by atoms with Gasteiger partial charge in [0.1, 0.15) is 11.5 Å². The van der Waals surface area contributed by atoms with Crippen LogP contribution < -0.4 is 4.74 Å². The molecule has 0 amide bonds. The topological polar surface area (TPSA) is 9.23 Å². The lowest BCUT2D eigenvalue weighted by Gasteiger charge is -2.23. The Labute approximate surface area is 260 Å². The Morgan fingerprint density at radius 2 is 0.822 bits per heavy atom. The number of ether oxygens (including phenoxy) is 1. The van der Waals surface area contributed by atoms with Gasteiger partial charge in [0.15, 0.2) is 0 Å². The highest BCUT2D eigenvalue weighted by atomic mass is 16.5. The van der Waals surface area contributed by atoms with Gasteiger partial charge >= 0.3 is 0 Å². The molecule has 0 radical (unpaired) electrons. The summed E-state index contributed by atoms with van der Waals surface area (Å²) < 4.78 is 6.41. The van der Waals surface area contributed by atoms with Crippen LogP contribution in [0.4, 0.5) is 0 Å². The van der Waals surface area contributed by atoms with E-state index in [1.54, 1.807) is 0 Å². The normalized spacial score (nSPS) is 12.2. The summed E-state index contributed by atoms with van der Waals surface area (Å²) in [7, 11) is 0. The lowest BCUT2D eigenvalue weighted by atomic mass is 9.85. The van der Waals surface area contributed by atoms with Crippen LogP contribution in [0.25, 0.3) is 87.2 Å². The second-order valence-corrected chi connectivity index (χ2v) is 12.0. The first-order valence-corrected chi connectivity index (χ1v) is 15.5. The number of para-hydroxylation sites is 1. The number of hydrogen-bond donors (Lipinski definition) is 0. The molecule has 0 fully saturated rings. The molecule has 0 aromatic heterocycles. The fourth-order valence-corrected chi connectivity index (χ4v) is 7.69. The van der Waals surface area contributed by atoms with E-state index in [0.29, 0.717) is 0 Å². The highest BCUT2D eigenvalue weighted by Gasteiger charge is 2.22. The van der Waals surface area contributed by atoms with E-state index >= 15 is 0 Å². The highest BCUT2D eigenvalue weighted by Crippen LogP contribution is 2.50. The Morgan fingerprint density at radius 1 is 0.267 bits per heavy atom. The molecule has 1 heterocycles. The number of hydrogen-bond acceptors (Lipinski definition) is 1. The van der Waals surface area contributed by atoms with Crippen molar-refractivity contribution in [3.05, 3.63) is 158 Å². The van der Waals surface area contributed by atoms with Crippen molar-refractivity contribution in [3.63, 3.8) is 0 Å². The Morgan fingerprint density at radius 3 is 1.64 bits per heavy atom. The first kappa shape index (κ1) is 24.5. The lowest BCUT2D eigenvalue weighted by Crippen LogP contribution is -1.97. The van der Waals surface area contributed by atoms with Crippen LogP contribution in [0, 0.1) is 0 Å². The third kappa shape index (κ3) is 3.50. The molecule has 1 nitrogen and oxygen atoms in total. The smallest absolute Gasteiger partial charge is 0.135 e. The van der Waals surface area contributed by atoms with Crippen molar-refractivity contribution in [3.8, 4) is 44.9 Å². The monoisotopic (exact) mass is 570 g/mol. The largest absolute Gasteiger partial charge is 0.456 e. The zero-order chi connectivity index (χ0) is 29.5. The van der Waals surface area contributed by atoms with Crippen molar-refractivity contribution >= 4 is 53.9 Å². The van der Waals surface area contributed by atoms with Crippen molar-refractivity contribution in [2.75, 3.05) is 0 Å². The minimum absolute atomic E-state index is 0.913. The summed E-state index contributed by atoms with van der Waals surface area (Å²) in [5.74, 6) is 1.83. The maximum Gasteiger partial charge on any atom is 0.135 e. The van der Waals surface area contributed by atoms with Gasteiger partial charge in [0, 0.05) is 10.9 Å². The Bertz CT molecular complexity index is 2680. The molecule has 1 aliphatic rings. The zero-order valence-electron chi connectivity index (χ0n) is 24.4. The minimum atomic E-state index is 0.913. The van der Waals surface area contributed by atoms with Gasteiger partial charge in [-0.2, -0.15) is 0 Å². The molecule has 0 saturated carbocycles. The quantitative estimate of drug-likeness (QED) is 0.188. The van der Waals surface area contributed by atoms with E-state index in [4.69, 9.17) is 4.74 Å². The average Bonchev–Trinajstić information content (AvgIpc) is 3.11. The standard InChI is InChI=1S/C44H26O/c1-2-11-29-27(10-1)20-21-28-26-40(32-14-5-6-16-37(32)43(28)29)35-23-22-33(30-12-3-4-13-31(30)35)34-24-25-42-44-38(34)17-9-18-39(44)36-15-7-8-19-41(36)45-42/h1-26H. The summed E-state index contributed by atoms with van der Waals surface area (Å²) in [5.41, 5.74) is 7.33. The molecule has 9 aromatic carbocycles. The van der Waals surface area contributed by atoms with Crippen LogP contribution in [-0.4, -0.2) is 0 Å². The van der Waals surface area contributed by atoms with Crippen LogP contribution in [0.2, 0.25) is 0 Å². The van der Waals surface area contributed by atoms with E-state index in [1.807, 2.05) is 6.07 Å². The van der Waals surface area contributed by atoms with Gasteiger partial charge in [0.2, 0.25) is 0 Å². The Hall–Kier alpha value is -5.92. The molecule has 0 unspecified atom stereocenters. The van der Waals surface area contributed by atoms with Gasteiger partial charge in [-0.05, 0) is 94.5 Å². The summed E-state index contributed by atoms with van der Waals surface area (Å²) in [6.07, 6.45) is 0. The number of fused-ring (bicyclic) bond motifs is 8. The molecule has 10 rings (SSSR count).